The van der Waals surface area contributed by atoms with Crippen LogP contribution in [0.1, 0.15) is 32.4 Å². The summed E-state index contributed by atoms with van der Waals surface area (Å²) in [6, 6.07) is 4.59. The summed E-state index contributed by atoms with van der Waals surface area (Å²) >= 11 is 2.69. The van der Waals surface area contributed by atoms with Crippen molar-refractivity contribution in [3.05, 3.63) is 29.3 Å². The van der Waals surface area contributed by atoms with Gasteiger partial charge in [0.05, 0.1) is 10.6 Å². The monoisotopic (exact) mass is 346 g/mol. The molecule has 0 saturated heterocycles. The molecular weight excluding hydrogens is 329 g/mol. The zero-order chi connectivity index (χ0) is 16.2. The van der Waals surface area contributed by atoms with Crippen LogP contribution >= 0.6 is 23.1 Å². The van der Waals surface area contributed by atoms with Crippen molar-refractivity contribution in [3.8, 4) is 10.6 Å². The molecule has 0 spiro atoms. The van der Waals surface area contributed by atoms with E-state index in [9.17, 15) is 13.2 Å². The Hall–Kier alpha value is -1.08. The molecular formula is C15H17F3N2S2. The molecule has 0 N–H and O–H groups in total. The van der Waals surface area contributed by atoms with E-state index in [1.165, 1.54) is 23.1 Å². The predicted molar refractivity (Wildman–Crippen MR) is 85.1 cm³/mol. The third-order valence-corrected chi connectivity index (χ3v) is 4.89. The highest BCUT2D eigenvalue weighted by Gasteiger charge is 2.34. The van der Waals surface area contributed by atoms with Crippen LogP contribution in [-0.2, 0) is 6.18 Å². The summed E-state index contributed by atoms with van der Waals surface area (Å²) < 4.78 is 38.7. The van der Waals surface area contributed by atoms with Gasteiger partial charge in [0.1, 0.15) is 5.69 Å². The third-order valence-electron chi connectivity index (χ3n) is 2.91. The summed E-state index contributed by atoms with van der Waals surface area (Å²) in [6.07, 6.45) is -2.13. The maximum atomic E-state index is 12.9. The number of hydrogen-bond acceptors (Lipinski definition) is 4. The Bertz CT molecular complexity index is 593. The molecule has 1 aliphatic rings. The number of hydrogen-bond donors (Lipinski definition) is 0. The zero-order valence-electron chi connectivity index (χ0n) is 12.4. The van der Waals surface area contributed by atoms with Crippen molar-refractivity contribution < 1.29 is 13.2 Å². The lowest BCUT2D eigenvalue weighted by Gasteiger charge is -2.09. The molecule has 0 atom stereocenters. The van der Waals surface area contributed by atoms with E-state index in [0.717, 1.165) is 29.5 Å². The quantitative estimate of drug-likeness (QED) is 0.520. The van der Waals surface area contributed by atoms with E-state index in [2.05, 4.69) is 9.97 Å². The molecule has 3 rings (SSSR count). The predicted octanol–water partition coefficient (Wildman–Crippen LogP) is 5.75. The van der Waals surface area contributed by atoms with Crippen molar-refractivity contribution >= 4 is 23.1 Å². The maximum Gasteiger partial charge on any atom is 0.433 e. The lowest BCUT2D eigenvalue weighted by atomic mass is 10.3. The van der Waals surface area contributed by atoms with Crippen LogP contribution in [0.15, 0.2) is 28.7 Å². The van der Waals surface area contributed by atoms with Crippen LogP contribution in [0.25, 0.3) is 10.6 Å². The second-order valence-corrected chi connectivity index (χ2v) is 6.59. The van der Waals surface area contributed by atoms with Gasteiger partial charge in [-0.1, -0.05) is 31.7 Å². The fraction of sp³-hybridized carbons (Fsp3) is 0.467. The second-order valence-electron chi connectivity index (χ2n) is 4.65. The number of aromatic nitrogens is 2. The molecule has 0 radical (unpaired) electrons. The van der Waals surface area contributed by atoms with Gasteiger partial charge in [-0.15, -0.1) is 11.3 Å². The van der Waals surface area contributed by atoms with Crippen molar-refractivity contribution in [3.63, 3.8) is 0 Å². The molecule has 1 fully saturated rings. The van der Waals surface area contributed by atoms with Crippen molar-refractivity contribution in [1.82, 2.24) is 9.97 Å². The Balaban J connectivity index is 0.000000847. The highest BCUT2D eigenvalue weighted by atomic mass is 32.2. The van der Waals surface area contributed by atoms with Crippen molar-refractivity contribution in [2.75, 3.05) is 5.75 Å². The first-order valence-corrected chi connectivity index (χ1v) is 9.02. The van der Waals surface area contributed by atoms with E-state index in [0.29, 0.717) is 11.6 Å². The number of alkyl halides is 3. The van der Waals surface area contributed by atoms with Crippen molar-refractivity contribution in [2.45, 2.75) is 38.0 Å². The molecule has 0 aliphatic heterocycles. The van der Waals surface area contributed by atoms with Crippen LogP contribution < -0.4 is 0 Å². The normalized spacial score (nSPS) is 14.4. The molecule has 2 aromatic rings. The molecule has 0 unspecified atom stereocenters. The summed E-state index contributed by atoms with van der Waals surface area (Å²) in [5, 5.41) is 2.04. The molecule has 22 heavy (non-hydrogen) atoms. The number of nitrogens with zero attached hydrogens (tertiary/aromatic N) is 2. The number of halogens is 3. The van der Waals surface area contributed by atoms with Gasteiger partial charge in [0.2, 0.25) is 0 Å². The van der Waals surface area contributed by atoms with Gasteiger partial charge in [0.25, 0.3) is 0 Å². The summed E-state index contributed by atoms with van der Waals surface area (Å²) in [5.74, 6) is 1.41. The Morgan fingerprint density at radius 1 is 1.27 bits per heavy atom. The van der Waals surface area contributed by atoms with Crippen molar-refractivity contribution in [1.29, 1.82) is 0 Å². The molecule has 2 aromatic heterocycles. The molecule has 0 aromatic carbocycles. The third kappa shape index (κ3) is 4.71. The van der Waals surface area contributed by atoms with E-state index < -0.39 is 11.9 Å². The average molecular weight is 346 g/mol. The topological polar surface area (TPSA) is 25.8 Å². The van der Waals surface area contributed by atoms with Gasteiger partial charge >= 0.3 is 6.18 Å². The maximum absolute atomic E-state index is 12.9. The number of thiophene rings is 1. The summed E-state index contributed by atoms with van der Waals surface area (Å²) in [7, 11) is 0. The Kier molecular flexibility index (Phi) is 5.86. The minimum Gasteiger partial charge on any atom is -0.222 e. The fourth-order valence-corrected chi connectivity index (χ4v) is 3.39. The first-order valence-electron chi connectivity index (χ1n) is 7.15. The molecule has 1 aliphatic carbocycles. The molecule has 120 valence electrons. The zero-order valence-corrected chi connectivity index (χ0v) is 14.0. The van der Waals surface area contributed by atoms with E-state index in [-0.39, 0.29) is 5.16 Å². The highest BCUT2D eigenvalue weighted by molar-refractivity contribution is 7.99. The van der Waals surface area contributed by atoms with Crippen LogP contribution in [0.5, 0.6) is 0 Å². The van der Waals surface area contributed by atoms with Gasteiger partial charge in [-0.2, -0.15) is 13.2 Å². The van der Waals surface area contributed by atoms with Gasteiger partial charge in [-0.25, -0.2) is 9.97 Å². The lowest BCUT2D eigenvalue weighted by Crippen LogP contribution is -2.10. The van der Waals surface area contributed by atoms with Crippen LogP contribution in [-0.4, -0.2) is 15.7 Å². The lowest BCUT2D eigenvalue weighted by molar-refractivity contribution is -0.141. The van der Waals surface area contributed by atoms with Gasteiger partial charge in [-0.05, 0) is 36.3 Å². The summed E-state index contributed by atoms with van der Waals surface area (Å²) in [4.78, 5) is 8.63. The van der Waals surface area contributed by atoms with E-state index >= 15 is 0 Å². The highest BCUT2D eigenvalue weighted by Crippen LogP contribution is 2.36. The van der Waals surface area contributed by atoms with E-state index in [1.54, 1.807) is 12.1 Å². The molecule has 2 heterocycles. The average Bonchev–Trinajstić information content (AvgIpc) is 3.17. The van der Waals surface area contributed by atoms with Gasteiger partial charge < -0.3 is 0 Å². The first kappa shape index (κ1) is 17.3. The Labute approximate surface area is 136 Å². The summed E-state index contributed by atoms with van der Waals surface area (Å²) in [5.41, 5.74) is -0.519. The smallest absolute Gasteiger partial charge is 0.222 e. The van der Waals surface area contributed by atoms with Gasteiger partial charge in [0.15, 0.2) is 5.16 Å². The van der Waals surface area contributed by atoms with E-state index in [4.69, 9.17) is 0 Å². The number of rotatable bonds is 4. The fourth-order valence-electron chi connectivity index (χ4n) is 1.66. The summed E-state index contributed by atoms with van der Waals surface area (Å²) in [6.45, 7) is 4.00. The van der Waals surface area contributed by atoms with E-state index in [1.807, 2.05) is 19.2 Å². The standard InChI is InChI=1S/C13H11F3N2S2.C2H6/c14-13(15,16)11-6-9(10-2-1-5-19-10)17-12(18-11)20-7-8-3-4-8;1-2/h1-2,5-6,8H,3-4,7H2;1-2H3. The van der Waals surface area contributed by atoms with Gasteiger partial charge in [0, 0.05) is 5.75 Å². The SMILES string of the molecule is CC.FC(F)(F)c1cc(-c2cccs2)nc(SCC2CC2)n1. The number of thioether (sulfide) groups is 1. The van der Waals surface area contributed by atoms with Gasteiger partial charge in [-0.3, -0.25) is 0 Å². The Morgan fingerprint density at radius 3 is 2.55 bits per heavy atom. The van der Waals surface area contributed by atoms with Crippen molar-refractivity contribution in [2.24, 2.45) is 5.92 Å². The van der Waals surface area contributed by atoms with Crippen LogP contribution in [0.2, 0.25) is 0 Å². The molecule has 0 bridgehead atoms. The molecule has 1 saturated carbocycles. The molecule has 2 nitrogen and oxygen atoms in total. The van der Waals surface area contributed by atoms with Crippen LogP contribution in [0, 0.1) is 5.92 Å². The molecule has 7 heteroatoms. The largest absolute Gasteiger partial charge is 0.433 e. The minimum absolute atomic E-state index is 0.218. The van der Waals surface area contributed by atoms with Crippen LogP contribution in [0.4, 0.5) is 13.2 Å². The minimum atomic E-state index is -4.44. The molecule has 0 amide bonds. The second kappa shape index (κ2) is 7.46. The Morgan fingerprint density at radius 2 is 2.00 bits per heavy atom. The van der Waals surface area contributed by atoms with Crippen LogP contribution in [0.3, 0.4) is 0 Å². The first-order chi connectivity index (χ1) is 10.5.